The Bertz CT molecular complexity index is 891. The normalized spacial score (nSPS) is 24.1. The maximum Gasteiger partial charge on any atom is 0.249 e. The molecule has 1 aromatic carbocycles. The number of benzene rings is 1. The van der Waals surface area contributed by atoms with Crippen molar-refractivity contribution in [3.63, 3.8) is 0 Å². The molecular weight excluding hydrogens is 366 g/mol. The molecule has 2 aliphatic rings. The van der Waals surface area contributed by atoms with Crippen LogP contribution in [0.4, 0.5) is 0 Å². The van der Waals surface area contributed by atoms with Gasteiger partial charge in [-0.1, -0.05) is 38.0 Å². The van der Waals surface area contributed by atoms with E-state index in [4.69, 9.17) is 4.74 Å². The maximum atomic E-state index is 13.4. The van der Waals surface area contributed by atoms with E-state index >= 15 is 0 Å². The summed E-state index contributed by atoms with van der Waals surface area (Å²) in [7, 11) is 1.62. The summed E-state index contributed by atoms with van der Waals surface area (Å²) in [5.74, 6) is 1.03. The zero-order valence-corrected chi connectivity index (χ0v) is 17.1. The Labute approximate surface area is 171 Å². The highest BCUT2D eigenvalue weighted by molar-refractivity contribution is 5.90. The summed E-state index contributed by atoms with van der Waals surface area (Å²) in [6.45, 7) is 2.79. The molecule has 1 fully saturated rings. The first-order valence-corrected chi connectivity index (χ1v) is 10.4. The second-order valence-corrected chi connectivity index (χ2v) is 8.17. The first kappa shape index (κ1) is 19.6. The van der Waals surface area contributed by atoms with Crippen molar-refractivity contribution >= 4 is 11.8 Å². The summed E-state index contributed by atoms with van der Waals surface area (Å²) < 4.78 is 7.35. The van der Waals surface area contributed by atoms with Crippen molar-refractivity contribution in [2.45, 2.75) is 57.8 Å². The lowest BCUT2D eigenvalue weighted by Gasteiger charge is -2.38. The van der Waals surface area contributed by atoms with Gasteiger partial charge in [0.15, 0.2) is 6.04 Å². The Balaban J connectivity index is 1.63. The molecule has 1 aliphatic carbocycles. The summed E-state index contributed by atoms with van der Waals surface area (Å²) in [6, 6.07) is 11.0. The Morgan fingerprint density at radius 2 is 1.97 bits per heavy atom. The molecule has 3 atom stereocenters. The Morgan fingerprint density at radius 1 is 1.17 bits per heavy atom. The van der Waals surface area contributed by atoms with E-state index in [-0.39, 0.29) is 24.4 Å². The van der Waals surface area contributed by atoms with E-state index in [1.807, 2.05) is 47.2 Å². The molecule has 0 spiro atoms. The fourth-order valence-electron chi connectivity index (χ4n) is 4.62. The minimum absolute atomic E-state index is 0.0588. The molecule has 6 nitrogen and oxygen atoms in total. The zero-order chi connectivity index (χ0) is 20.4. The smallest absolute Gasteiger partial charge is 0.249 e. The second-order valence-electron chi connectivity index (χ2n) is 8.17. The monoisotopic (exact) mass is 395 g/mol. The molecule has 29 heavy (non-hydrogen) atoms. The van der Waals surface area contributed by atoms with Crippen molar-refractivity contribution in [2.75, 3.05) is 7.11 Å². The van der Waals surface area contributed by atoms with Crippen LogP contribution in [0.3, 0.4) is 0 Å². The van der Waals surface area contributed by atoms with Crippen molar-refractivity contribution in [3.05, 3.63) is 53.9 Å². The van der Waals surface area contributed by atoms with Crippen molar-refractivity contribution in [1.82, 2.24) is 14.8 Å². The molecule has 2 heterocycles. The Hall–Kier alpha value is -2.76. The number of para-hydroxylation sites is 1. The van der Waals surface area contributed by atoms with E-state index < -0.39 is 6.04 Å². The highest BCUT2D eigenvalue weighted by Crippen LogP contribution is 2.32. The second kappa shape index (κ2) is 8.31. The van der Waals surface area contributed by atoms with Gasteiger partial charge < -0.3 is 19.5 Å². The molecule has 6 heteroatoms. The number of carbonyl (C=O) groups is 2. The topological polar surface area (TPSA) is 63.6 Å². The van der Waals surface area contributed by atoms with Crippen molar-refractivity contribution < 1.29 is 14.3 Å². The van der Waals surface area contributed by atoms with Gasteiger partial charge in [-0.15, -0.1) is 0 Å². The minimum atomic E-state index is -0.634. The van der Waals surface area contributed by atoms with Crippen LogP contribution in [0.5, 0.6) is 5.75 Å². The molecule has 1 N–H and O–H groups in total. The number of carbonyl (C=O) groups excluding carboxylic acids is 2. The molecular formula is C23H29N3O3. The molecule has 1 aromatic heterocycles. The van der Waals surface area contributed by atoms with Crippen LogP contribution in [0.1, 0.15) is 49.9 Å². The van der Waals surface area contributed by atoms with Crippen LogP contribution in [-0.4, -0.2) is 34.4 Å². The molecule has 4 rings (SSSR count). The van der Waals surface area contributed by atoms with Gasteiger partial charge in [0.2, 0.25) is 11.8 Å². The summed E-state index contributed by atoms with van der Waals surface area (Å²) in [6.07, 6.45) is 6.37. The third-order valence-electron chi connectivity index (χ3n) is 6.30. The van der Waals surface area contributed by atoms with Crippen LogP contribution in [0, 0.1) is 5.92 Å². The summed E-state index contributed by atoms with van der Waals surface area (Å²) >= 11 is 0. The number of nitrogens with zero attached hydrogens (tertiary/aromatic N) is 2. The predicted molar refractivity (Wildman–Crippen MR) is 110 cm³/mol. The molecule has 0 radical (unpaired) electrons. The number of hydrogen-bond acceptors (Lipinski definition) is 3. The maximum absolute atomic E-state index is 13.4. The van der Waals surface area contributed by atoms with Crippen LogP contribution < -0.4 is 10.1 Å². The van der Waals surface area contributed by atoms with Gasteiger partial charge in [-0.25, -0.2) is 0 Å². The largest absolute Gasteiger partial charge is 0.496 e. The van der Waals surface area contributed by atoms with Gasteiger partial charge in [0, 0.05) is 17.8 Å². The zero-order valence-electron chi connectivity index (χ0n) is 17.1. The number of amides is 2. The fraction of sp³-hybridized carbons (Fsp3) is 0.478. The van der Waals surface area contributed by atoms with E-state index in [1.54, 1.807) is 12.0 Å². The van der Waals surface area contributed by atoms with Crippen LogP contribution in [0.15, 0.2) is 42.6 Å². The van der Waals surface area contributed by atoms with E-state index in [0.29, 0.717) is 12.5 Å². The van der Waals surface area contributed by atoms with Crippen molar-refractivity contribution in [2.24, 2.45) is 5.92 Å². The molecule has 2 amide bonds. The number of ether oxygens (including phenoxy) is 1. The number of nitrogens with one attached hydrogen (secondary N) is 1. The van der Waals surface area contributed by atoms with Gasteiger partial charge in [0.05, 0.1) is 19.3 Å². The van der Waals surface area contributed by atoms with Gasteiger partial charge >= 0.3 is 0 Å². The number of rotatable bonds is 5. The number of hydrogen-bond donors (Lipinski definition) is 1. The number of methoxy groups -OCH3 is 1. The van der Waals surface area contributed by atoms with Crippen molar-refractivity contribution in [1.29, 1.82) is 0 Å². The fourth-order valence-corrected chi connectivity index (χ4v) is 4.62. The molecule has 1 aliphatic heterocycles. The van der Waals surface area contributed by atoms with Gasteiger partial charge in [-0.05, 0) is 37.0 Å². The quantitative estimate of drug-likeness (QED) is 0.845. The van der Waals surface area contributed by atoms with E-state index in [0.717, 1.165) is 36.3 Å². The van der Waals surface area contributed by atoms with Gasteiger partial charge in [-0.2, -0.15) is 0 Å². The third-order valence-corrected chi connectivity index (χ3v) is 6.30. The molecule has 154 valence electrons. The lowest BCUT2D eigenvalue weighted by Crippen LogP contribution is -2.51. The summed E-state index contributed by atoms with van der Waals surface area (Å²) in [5.41, 5.74) is 1.76. The highest BCUT2D eigenvalue weighted by Gasteiger charge is 2.39. The molecule has 0 bridgehead atoms. The molecule has 0 unspecified atom stereocenters. The number of fused-ring (bicyclic) bond motifs is 1. The lowest BCUT2D eigenvalue weighted by molar-refractivity contribution is -0.145. The summed E-state index contributed by atoms with van der Waals surface area (Å²) in [4.78, 5) is 28.1. The summed E-state index contributed by atoms with van der Waals surface area (Å²) in [5, 5.41) is 3.26. The third kappa shape index (κ3) is 3.88. The van der Waals surface area contributed by atoms with Crippen LogP contribution in [0.25, 0.3) is 0 Å². The SMILES string of the molecule is COc1ccccc1CN1C(=O)Cn2cccc2[C@@H]1C(=O)N[C@@H]1CCCC[C@H]1C. The molecule has 2 aromatic rings. The highest BCUT2D eigenvalue weighted by atomic mass is 16.5. The van der Waals surface area contributed by atoms with Gasteiger partial charge in [0.25, 0.3) is 0 Å². The van der Waals surface area contributed by atoms with Crippen molar-refractivity contribution in [3.8, 4) is 5.75 Å². The lowest BCUT2D eigenvalue weighted by atomic mass is 9.85. The molecule has 1 saturated carbocycles. The van der Waals surface area contributed by atoms with Crippen LogP contribution >= 0.6 is 0 Å². The predicted octanol–water partition coefficient (Wildman–Crippen LogP) is 3.28. The first-order chi connectivity index (χ1) is 14.1. The minimum Gasteiger partial charge on any atom is -0.496 e. The molecule has 0 saturated heterocycles. The standard InChI is InChI=1S/C23H29N3O3/c1-16-8-3-5-10-18(16)24-23(28)22-19-11-7-13-25(19)15-21(27)26(22)14-17-9-4-6-12-20(17)29-2/h4,6-7,9,11-13,16,18,22H,3,5,8,10,14-15H2,1-2H3,(H,24,28)/t16-,18-,22-/m1/s1. The van der Waals surface area contributed by atoms with Crippen LogP contribution in [-0.2, 0) is 22.7 Å². The van der Waals surface area contributed by atoms with Gasteiger partial charge in [-0.3, -0.25) is 9.59 Å². The number of aromatic nitrogens is 1. The van der Waals surface area contributed by atoms with E-state index in [1.165, 1.54) is 6.42 Å². The van der Waals surface area contributed by atoms with Crippen LogP contribution in [0.2, 0.25) is 0 Å². The average Bonchev–Trinajstić information content (AvgIpc) is 3.18. The first-order valence-electron chi connectivity index (χ1n) is 10.4. The van der Waals surface area contributed by atoms with E-state index in [2.05, 4.69) is 12.2 Å². The average molecular weight is 396 g/mol. The Morgan fingerprint density at radius 3 is 2.76 bits per heavy atom. The van der Waals surface area contributed by atoms with Gasteiger partial charge in [0.1, 0.15) is 12.3 Å². The Kier molecular flexibility index (Phi) is 5.60. The van der Waals surface area contributed by atoms with E-state index in [9.17, 15) is 9.59 Å².